The highest BCUT2D eigenvalue weighted by molar-refractivity contribution is 5.78. The average Bonchev–Trinajstić information content (AvgIpc) is 3.34. The molecule has 1 rings (SSSR count). The largest absolute Gasteiger partial charge is 0.339 e. The van der Waals surface area contributed by atoms with Gasteiger partial charge in [-0.15, -0.1) is 0 Å². The van der Waals surface area contributed by atoms with Crippen LogP contribution in [0.2, 0.25) is 0 Å². The van der Waals surface area contributed by atoms with Gasteiger partial charge < -0.3 is 9.80 Å². The maximum Gasteiger partial charge on any atom is 0.236 e. The summed E-state index contributed by atoms with van der Waals surface area (Å²) >= 11 is 0. The number of nitrogens with one attached hydrogen (secondary N) is 1. The second kappa shape index (κ2) is 48.9. The van der Waals surface area contributed by atoms with Crippen LogP contribution in [0.5, 0.6) is 0 Å². The highest BCUT2D eigenvalue weighted by Gasteiger charge is 2.38. The minimum atomic E-state index is -0.0331. The van der Waals surface area contributed by atoms with E-state index in [1.165, 1.54) is 276 Å². The van der Waals surface area contributed by atoms with Crippen molar-refractivity contribution >= 4 is 5.91 Å². The van der Waals surface area contributed by atoms with E-state index >= 15 is 0 Å². The molecule has 1 N–H and O–H groups in total. The first kappa shape index (κ1) is 64.3. The summed E-state index contributed by atoms with van der Waals surface area (Å²) < 4.78 is 0. The van der Waals surface area contributed by atoms with Gasteiger partial charge in [-0.3, -0.25) is 19.9 Å². The van der Waals surface area contributed by atoms with E-state index in [-0.39, 0.29) is 5.66 Å². The standard InChI is InChI=1S/C61H125N5O/c1-7-13-18-23-28-30-32-37-42-47-52-64(53-48-43-38-33-31-29-24-19-14-8-2)59-61(12-6,62-49-44-39-34-25-20-15-9-3)66-56-54-65(55-57-66)60(67)58-63(50-45-40-35-26-21-16-10-4)51-46-41-36-27-22-17-11-5/h62H,7-59H2,1-6H3. The number of amides is 1. The fourth-order valence-corrected chi connectivity index (χ4v) is 10.9. The van der Waals surface area contributed by atoms with Gasteiger partial charge in [0.05, 0.1) is 12.2 Å². The molecule has 67 heavy (non-hydrogen) atoms. The molecule has 0 saturated carbocycles. The van der Waals surface area contributed by atoms with Crippen LogP contribution in [0.25, 0.3) is 0 Å². The SMILES string of the molecule is CCCCCCCCCCCCN(CCCCCCCCCCCC)CC(CC)(NCCCCCCCCC)N1CCN(C(=O)CN(CCCCCCCCC)CCCCCCCCC)CC1. The highest BCUT2D eigenvalue weighted by Crippen LogP contribution is 2.24. The number of carbonyl (C=O) groups is 1. The molecule has 1 fully saturated rings. The maximum atomic E-state index is 14.1. The fourth-order valence-electron chi connectivity index (χ4n) is 10.9. The Kier molecular flexibility index (Phi) is 47.0. The first-order valence-electron chi connectivity index (χ1n) is 31.2. The van der Waals surface area contributed by atoms with Gasteiger partial charge in [0.15, 0.2) is 0 Å². The van der Waals surface area contributed by atoms with Crippen LogP contribution >= 0.6 is 0 Å². The van der Waals surface area contributed by atoms with Crippen LogP contribution in [0.15, 0.2) is 0 Å². The van der Waals surface area contributed by atoms with Gasteiger partial charge in [0.2, 0.25) is 5.91 Å². The third kappa shape index (κ3) is 36.8. The normalized spacial score (nSPS) is 14.5. The van der Waals surface area contributed by atoms with Gasteiger partial charge in [0.25, 0.3) is 0 Å². The first-order valence-corrected chi connectivity index (χ1v) is 31.2. The lowest BCUT2D eigenvalue weighted by Crippen LogP contribution is -2.68. The lowest BCUT2D eigenvalue weighted by atomic mass is 10.00. The molecular formula is C61H125N5O. The molecule has 1 amide bonds. The van der Waals surface area contributed by atoms with Crippen LogP contribution in [0.1, 0.15) is 311 Å². The van der Waals surface area contributed by atoms with E-state index < -0.39 is 0 Å². The van der Waals surface area contributed by atoms with Gasteiger partial charge in [-0.25, -0.2) is 0 Å². The molecule has 1 aliphatic heterocycles. The summed E-state index contributed by atoms with van der Waals surface area (Å²) in [6.45, 7) is 25.3. The number of rotatable bonds is 53. The van der Waals surface area contributed by atoms with Crippen molar-refractivity contribution in [2.45, 2.75) is 317 Å². The van der Waals surface area contributed by atoms with Gasteiger partial charge in [-0.1, -0.05) is 273 Å². The van der Waals surface area contributed by atoms with Crippen molar-refractivity contribution in [3.63, 3.8) is 0 Å². The van der Waals surface area contributed by atoms with E-state index in [4.69, 9.17) is 0 Å². The van der Waals surface area contributed by atoms with E-state index in [0.717, 1.165) is 58.8 Å². The van der Waals surface area contributed by atoms with Crippen LogP contribution in [0.3, 0.4) is 0 Å². The molecule has 0 radical (unpaired) electrons. The van der Waals surface area contributed by atoms with Gasteiger partial charge >= 0.3 is 0 Å². The summed E-state index contributed by atoms with van der Waals surface area (Å²) in [4.78, 5) is 24.7. The van der Waals surface area contributed by atoms with Crippen LogP contribution in [0.4, 0.5) is 0 Å². The predicted molar refractivity (Wildman–Crippen MR) is 300 cm³/mol. The molecule has 6 nitrogen and oxygen atoms in total. The molecule has 0 aromatic carbocycles. The average molecular weight is 945 g/mol. The van der Waals surface area contributed by atoms with Crippen LogP contribution in [0, 0.1) is 0 Å². The van der Waals surface area contributed by atoms with E-state index in [1.54, 1.807) is 0 Å². The second-order valence-electron chi connectivity index (χ2n) is 22.0. The Morgan fingerprint density at radius 2 is 0.657 bits per heavy atom. The van der Waals surface area contributed by atoms with Crippen molar-refractivity contribution in [3.8, 4) is 0 Å². The van der Waals surface area contributed by atoms with Gasteiger partial charge in [-0.05, 0) is 71.2 Å². The molecule has 1 saturated heterocycles. The van der Waals surface area contributed by atoms with E-state index in [0.29, 0.717) is 12.5 Å². The zero-order valence-corrected chi connectivity index (χ0v) is 47.2. The number of nitrogens with zero attached hydrogens (tertiary/aromatic N) is 4. The first-order chi connectivity index (χ1) is 33.0. The Bertz CT molecular complexity index is 960. The zero-order valence-electron chi connectivity index (χ0n) is 47.2. The van der Waals surface area contributed by atoms with E-state index in [1.807, 2.05) is 0 Å². The molecule has 1 atom stereocenters. The van der Waals surface area contributed by atoms with Crippen molar-refractivity contribution in [1.29, 1.82) is 0 Å². The number of carbonyl (C=O) groups excluding carboxylic acids is 1. The predicted octanol–water partition coefficient (Wildman–Crippen LogP) is 17.5. The third-order valence-electron chi connectivity index (χ3n) is 15.7. The molecule has 0 spiro atoms. The van der Waals surface area contributed by atoms with Gasteiger partial charge in [0, 0.05) is 32.7 Å². The summed E-state index contributed by atoms with van der Waals surface area (Å²) in [6.07, 6.45) is 57.3. The van der Waals surface area contributed by atoms with Gasteiger partial charge in [0.1, 0.15) is 0 Å². The van der Waals surface area contributed by atoms with Crippen molar-refractivity contribution in [3.05, 3.63) is 0 Å². The minimum Gasteiger partial charge on any atom is -0.339 e. The van der Waals surface area contributed by atoms with E-state index in [2.05, 4.69) is 66.5 Å². The van der Waals surface area contributed by atoms with Crippen LogP contribution in [-0.4, -0.2) is 103 Å². The highest BCUT2D eigenvalue weighted by atomic mass is 16.2. The summed E-state index contributed by atoms with van der Waals surface area (Å²) in [6, 6.07) is 0. The van der Waals surface area contributed by atoms with Crippen LogP contribution < -0.4 is 5.32 Å². The molecule has 1 unspecified atom stereocenters. The zero-order chi connectivity index (χ0) is 48.6. The number of hydrogen-bond acceptors (Lipinski definition) is 5. The number of unbranched alkanes of at least 4 members (excludes halogenated alkanes) is 36. The second-order valence-corrected chi connectivity index (χ2v) is 22.0. The lowest BCUT2D eigenvalue weighted by Gasteiger charge is -2.50. The molecule has 400 valence electrons. The Labute approximate surface area is 422 Å². The molecular weight excluding hydrogens is 819 g/mol. The minimum absolute atomic E-state index is 0.0331. The number of piperazine rings is 1. The molecule has 6 heteroatoms. The Morgan fingerprint density at radius 1 is 0.373 bits per heavy atom. The van der Waals surface area contributed by atoms with Crippen LogP contribution in [-0.2, 0) is 4.79 Å². The molecule has 1 heterocycles. The van der Waals surface area contributed by atoms with Crippen molar-refractivity contribution in [2.24, 2.45) is 0 Å². The Hall–Kier alpha value is -0.690. The third-order valence-corrected chi connectivity index (χ3v) is 15.7. The summed E-state index contributed by atoms with van der Waals surface area (Å²) in [5, 5.41) is 4.30. The van der Waals surface area contributed by atoms with Crippen molar-refractivity contribution < 1.29 is 4.79 Å². The number of hydrogen-bond donors (Lipinski definition) is 1. The van der Waals surface area contributed by atoms with E-state index in [9.17, 15) is 4.79 Å². The molecule has 0 aromatic rings. The molecule has 0 bridgehead atoms. The lowest BCUT2D eigenvalue weighted by molar-refractivity contribution is -0.136. The summed E-state index contributed by atoms with van der Waals surface area (Å²) in [7, 11) is 0. The van der Waals surface area contributed by atoms with Crippen molar-refractivity contribution in [1.82, 2.24) is 24.9 Å². The quantitative estimate of drug-likeness (QED) is 0.0616. The Morgan fingerprint density at radius 3 is 0.970 bits per heavy atom. The van der Waals surface area contributed by atoms with Crippen molar-refractivity contribution in [2.75, 3.05) is 72.0 Å². The summed E-state index contributed by atoms with van der Waals surface area (Å²) in [5.74, 6) is 0.382. The molecule has 0 aromatic heterocycles. The smallest absolute Gasteiger partial charge is 0.236 e. The maximum absolute atomic E-state index is 14.1. The monoisotopic (exact) mass is 944 g/mol. The Balaban J connectivity index is 3.01. The fraction of sp³-hybridized carbons (Fsp3) is 0.984. The molecule has 1 aliphatic rings. The van der Waals surface area contributed by atoms with Gasteiger partial charge in [-0.2, -0.15) is 0 Å². The molecule has 0 aliphatic carbocycles. The topological polar surface area (TPSA) is 42.1 Å². The summed E-state index contributed by atoms with van der Waals surface area (Å²) in [5.41, 5.74) is -0.0331.